The van der Waals surface area contributed by atoms with Crippen LogP contribution in [0.5, 0.6) is 0 Å². The third-order valence-electron chi connectivity index (χ3n) is 3.61. The van der Waals surface area contributed by atoms with Crippen molar-refractivity contribution >= 4 is 34.6 Å². The molecule has 0 bridgehead atoms. The topological polar surface area (TPSA) is 110 Å². The van der Waals surface area contributed by atoms with Gasteiger partial charge in [-0.15, -0.1) is 0 Å². The lowest BCUT2D eigenvalue weighted by molar-refractivity contribution is -0.385. The van der Waals surface area contributed by atoms with Crippen LogP contribution in [0, 0.1) is 24.0 Å². The maximum absolute atomic E-state index is 10.9. The molecule has 0 fully saturated rings. The summed E-state index contributed by atoms with van der Waals surface area (Å²) in [6.45, 7) is 4.72. The van der Waals surface area contributed by atoms with Gasteiger partial charge in [0.1, 0.15) is 12.1 Å². The summed E-state index contributed by atoms with van der Waals surface area (Å²) in [6, 6.07) is 4.91. The van der Waals surface area contributed by atoms with Crippen LogP contribution in [0.3, 0.4) is 0 Å². The first-order valence-corrected chi connectivity index (χ1v) is 7.93. The first kappa shape index (κ1) is 16.9. The highest BCUT2D eigenvalue weighted by molar-refractivity contribution is 6.33. The zero-order valence-electron chi connectivity index (χ0n) is 13.7. The lowest BCUT2D eigenvalue weighted by Crippen LogP contribution is -2.16. The number of nitro benzene ring substituents is 1. The average molecular weight is 362 g/mol. The highest BCUT2D eigenvalue weighted by atomic mass is 35.5. The number of fused-ring (bicyclic) bond motifs is 1. The van der Waals surface area contributed by atoms with E-state index >= 15 is 0 Å². The van der Waals surface area contributed by atoms with Gasteiger partial charge < -0.3 is 10.6 Å². The van der Waals surface area contributed by atoms with Crippen molar-refractivity contribution in [3.63, 3.8) is 0 Å². The van der Waals surface area contributed by atoms with Crippen LogP contribution in [0.1, 0.15) is 11.3 Å². The number of rotatable bonds is 6. The van der Waals surface area contributed by atoms with Crippen molar-refractivity contribution in [2.45, 2.75) is 13.8 Å². The van der Waals surface area contributed by atoms with Gasteiger partial charge in [-0.05, 0) is 19.9 Å². The fourth-order valence-electron chi connectivity index (χ4n) is 2.45. The van der Waals surface area contributed by atoms with Gasteiger partial charge in [-0.2, -0.15) is 14.6 Å². The monoisotopic (exact) mass is 361 g/mol. The summed E-state index contributed by atoms with van der Waals surface area (Å²) in [6.07, 6.45) is 1.45. The molecule has 0 saturated heterocycles. The van der Waals surface area contributed by atoms with Gasteiger partial charge in [0.05, 0.1) is 15.6 Å². The SMILES string of the molecule is Cc1cc(NCCNc2cc(C)c([N+](=O)[O-])cc2Cl)n2ncnc2n1. The minimum Gasteiger partial charge on any atom is -0.382 e. The van der Waals surface area contributed by atoms with E-state index in [1.165, 1.54) is 12.4 Å². The highest BCUT2D eigenvalue weighted by Gasteiger charge is 2.14. The smallest absolute Gasteiger partial charge is 0.273 e. The van der Waals surface area contributed by atoms with Crippen LogP contribution in [-0.2, 0) is 0 Å². The number of anilines is 2. The van der Waals surface area contributed by atoms with Gasteiger partial charge >= 0.3 is 0 Å². The quantitative estimate of drug-likeness (QED) is 0.394. The molecule has 2 N–H and O–H groups in total. The second kappa shape index (κ2) is 6.89. The number of hydrogen-bond donors (Lipinski definition) is 2. The summed E-state index contributed by atoms with van der Waals surface area (Å²) >= 11 is 6.11. The molecule has 0 atom stereocenters. The maximum atomic E-state index is 10.9. The van der Waals surface area contributed by atoms with E-state index in [1.54, 1.807) is 17.5 Å². The molecule has 3 rings (SSSR count). The molecule has 0 aliphatic heterocycles. The van der Waals surface area contributed by atoms with Crippen molar-refractivity contribution in [2.24, 2.45) is 0 Å². The minimum absolute atomic E-state index is 0.00881. The first-order valence-electron chi connectivity index (χ1n) is 7.55. The van der Waals surface area contributed by atoms with Crippen LogP contribution in [0.15, 0.2) is 24.5 Å². The zero-order chi connectivity index (χ0) is 18.0. The van der Waals surface area contributed by atoms with Crippen LogP contribution in [0.4, 0.5) is 17.2 Å². The summed E-state index contributed by atoms with van der Waals surface area (Å²) in [5, 5.41) is 21.8. The lowest BCUT2D eigenvalue weighted by Gasteiger charge is -2.12. The molecule has 2 heterocycles. The van der Waals surface area contributed by atoms with E-state index in [4.69, 9.17) is 11.6 Å². The van der Waals surface area contributed by atoms with Gasteiger partial charge in [-0.3, -0.25) is 10.1 Å². The third kappa shape index (κ3) is 3.61. The van der Waals surface area contributed by atoms with Gasteiger partial charge in [0.25, 0.3) is 11.5 Å². The van der Waals surface area contributed by atoms with Crippen molar-refractivity contribution < 1.29 is 4.92 Å². The maximum Gasteiger partial charge on any atom is 0.273 e. The molecule has 0 saturated carbocycles. The minimum atomic E-state index is -0.443. The van der Waals surface area contributed by atoms with E-state index in [2.05, 4.69) is 25.7 Å². The Labute approximate surface area is 148 Å². The molecule has 0 amide bonds. The van der Waals surface area contributed by atoms with E-state index < -0.39 is 4.92 Å². The number of hydrogen-bond acceptors (Lipinski definition) is 7. The van der Waals surface area contributed by atoms with Crippen LogP contribution in [0.2, 0.25) is 5.02 Å². The number of halogens is 1. The second-order valence-electron chi connectivity index (χ2n) is 5.48. The standard InChI is InChI=1S/C15H16ClN7O2/c1-9-5-12(11(16)7-13(9)23(24)25)17-3-4-18-14-6-10(2)21-15-19-8-20-22(14)15/h5-8,17-18H,3-4H2,1-2H3. The number of aromatic nitrogens is 4. The van der Waals surface area contributed by atoms with Crippen molar-refractivity contribution in [1.82, 2.24) is 19.6 Å². The Bertz CT molecular complexity index is 941. The number of benzene rings is 1. The van der Waals surface area contributed by atoms with Crippen molar-refractivity contribution in [3.05, 3.63) is 50.9 Å². The third-order valence-corrected chi connectivity index (χ3v) is 3.92. The van der Waals surface area contributed by atoms with E-state index in [1.807, 2.05) is 13.0 Å². The fourth-order valence-corrected chi connectivity index (χ4v) is 2.67. The number of nitro groups is 1. The predicted molar refractivity (Wildman–Crippen MR) is 95.3 cm³/mol. The van der Waals surface area contributed by atoms with Crippen LogP contribution >= 0.6 is 11.6 Å². The highest BCUT2D eigenvalue weighted by Crippen LogP contribution is 2.30. The fraction of sp³-hybridized carbons (Fsp3) is 0.267. The molecule has 0 aliphatic rings. The summed E-state index contributed by atoms with van der Waals surface area (Å²) < 4.78 is 1.62. The van der Waals surface area contributed by atoms with E-state index in [0.717, 1.165) is 11.5 Å². The van der Waals surface area contributed by atoms with E-state index in [0.29, 0.717) is 35.1 Å². The zero-order valence-corrected chi connectivity index (χ0v) is 14.4. The molecular formula is C15H16ClN7O2. The van der Waals surface area contributed by atoms with E-state index in [9.17, 15) is 10.1 Å². The molecule has 2 aromatic heterocycles. The Hall–Kier alpha value is -2.94. The molecule has 0 aliphatic carbocycles. The second-order valence-corrected chi connectivity index (χ2v) is 5.89. The molecule has 10 heteroatoms. The van der Waals surface area contributed by atoms with Gasteiger partial charge in [-0.25, -0.2) is 4.98 Å². The Kier molecular flexibility index (Phi) is 4.66. The lowest BCUT2D eigenvalue weighted by atomic mass is 10.2. The van der Waals surface area contributed by atoms with Gasteiger partial charge in [0, 0.05) is 36.5 Å². The summed E-state index contributed by atoms with van der Waals surface area (Å²) in [4.78, 5) is 18.8. The van der Waals surface area contributed by atoms with Gasteiger partial charge in [-0.1, -0.05) is 11.6 Å². The van der Waals surface area contributed by atoms with Crippen molar-refractivity contribution in [1.29, 1.82) is 0 Å². The molecule has 25 heavy (non-hydrogen) atoms. The molecule has 9 nitrogen and oxygen atoms in total. The Morgan fingerprint density at radius 1 is 1.24 bits per heavy atom. The molecule has 130 valence electrons. The number of aryl methyl sites for hydroxylation is 2. The van der Waals surface area contributed by atoms with Crippen LogP contribution in [0.25, 0.3) is 5.78 Å². The summed E-state index contributed by atoms with van der Waals surface area (Å²) in [5.74, 6) is 1.32. The van der Waals surface area contributed by atoms with Crippen molar-refractivity contribution in [2.75, 3.05) is 23.7 Å². The molecule has 0 radical (unpaired) electrons. The van der Waals surface area contributed by atoms with Gasteiger partial charge in [0.2, 0.25) is 0 Å². The molecule has 0 unspecified atom stereocenters. The predicted octanol–water partition coefficient (Wildman–Crippen LogP) is 2.83. The Balaban J connectivity index is 1.64. The van der Waals surface area contributed by atoms with Crippen LogP contribution < -0.4 is 10.6 Å². The largest absolute Gasteiger partial charge is 0.382 e. The molecule has 1 aromatic carbocycles. The van der Waals surface area contributed by atoms with Crippen molar-refractivity contribution in [3.8, 4) is 0 Å². The molecule has 3 aromatic rings. The molecular weight excluding hydrogens is 346 g/mol. The average Bonchev–Trinajstić information content (AvgIpc) is 3.02. The summed E-state index contributed by atoms with van der Waals surface area (Å²) in [7, 11) is 0. The number of nitrogens with one attached hydrogen (secondary N) is 2. The molecule has 0 spiro atoms. The Morgan fingerprint density at radius 2 is 2.00 bits per heavy atom. The van der Waals surface area contributed by atoms with E-state index in [-0.39, 0.29) is 5.69 Å². The summed E-state index contributed by atoms with van der Waals surface area (Å²) in [5.41, 5.74) is 2.06. The van der Waals surface area contributed by atoms with Gasteiger partial charge in [0.15, 0.2) is 0 Å². The first-order chi connectivity index (χ1) is 12.0. The Morgan fingerprint density at radius 3 is 2.76 bits per heavy atom. The number of nitrogens with zero attached hydrogens (tertiary/aromatic N) is 5. The normalized spacial score (nSPS) is 10.8. The van der Waals surface area contributed by atoms with Crippen LogP contribution in [-0.4, -0.2) is 37.6 Å².